The van der Waals surface area contributed by atoms with Gasteiger partial charge in [-0.25, -0.2) is 9.78 Å². The van der Waals surface area contributed by atoms with E-state index in [9.17, 15) is 4.79 Å². The molecule has 1 unspecified atom stereocenters. The Kier molecular flexibility index (Phi) is 4.94. The second kappa shape index (κ2) is 7.11. The predicted octanol–water partition coefficient (Wildman–Crippen LogP) is 1.06. The van der Waals surface area contributed by atoms with Crippen LogP contribution in [0.1, 0.15) is 18.4 Å². The molecule has 0 radical (unpaired) electrons. The summed E-state index contributed by atoms with van der Waals surface area (Å²) in [5.41, 5.74) is 0.466. The van der Waals surface area contributed by atoms with Gasteiger partial charge in [0, 0.05) is 25.8 Å². The molecule has 0 saturated carbocycles. The molecule has 1 atom stereocenters. The maximum atomic E-state index is 11.9. The lowest BCUT2D eigenvalue weighted by atomic mass is 10.2. The van der Waals surface area contributed by atoms with Crippen molar-refractivity contribution in [3.8, 4) is 12.1 Å². The number of urea groups is 1. The van der Waals surface area contributed by atoms with Crippen LogP contribution >= 0.6 is 0 Å². The van der Waals surface area contributed by atoms with Crippen molar-refractivity contribution in [3.05, 3.63) is 23.9 Å². The minimum absolute atomic E-state index is 0.220. The molecule has 108 valence electrons. The standard InChI is InChI=1S/C14H16N6O/c15-9-11-3-1-5-17-13(11)18-6-7-19-14(21)20-8-2-4-12(20)10-16/h1,3,5,12H,2,4,6-8H2,(H,17,18)(H,19,21). The molecular formula is C14H16N6O. The lowest BCUT2D eigenvalue weighted by Gasteiger charge is -2.20. The molecule has 0 spiro atoms. The van der Waals surface area contributed by atoms with E-state index in [1.54, 1.807) is 23.2 Å². The van der Waals surface area contributed by atoms with Crippen LogP contribution in [0.25, 0.3) is 0 Å². The highest BCUT2D eigenvalue weighted by Crippen LogP contribution is 2.15. The number of amides is 2. The molecule has 2 N–H and O–H groups in total. The molecule has 1 aromatic heterocycles. The fourth-order valence-corrected chi connectivity index (χ4v) is 2.23. The number of carbonyl (C=O) groups excluding carboxylic acids is 1. The highest BCUT2D eigenvalue weighted by Gasteiger charge is 2.27. The second-order valence-electron chi connectivity index (χ2n) is 4.65. The van der Waals surface area contributed by atoms with E-state index in [1.165, 1.54) is 0 Å². The Morgan fingerprint density at radius 2 is 2.33 bits per heavy atom. The zero-order valence-electron chi connectivity index (χ0n) is 11.5. The van der Waals surface area contributed by atoms with E-state index in [4.69, 9.17) is 10.5 Å². The SMILES string of the molecule is N#Cc1cccnc1NCCNC(=O)N1CCCC1C#N. The summed E-state index contributed by atoms with van der Waals surface area (Å²) >= 11 is 0. The van der Waals surface area contributed by atoms with Gasteiger partial charge in [0.15, 0.2) is 0 Å². The normalized spacial score (nSPS) is 16.9. The minimum Gasteiger partial charge on any atom is -0.367 e. The molecule has 2 rings (SSSR count). The van der Waals surface area contributed by atoms with Crippen LogP contribution in [0.4, 0.5) is 10.6 Å². The number of nitrogens with zero attached hydrogens (tertiary/aromatic N) is 4. The number of pyridine rings is 1. The van der Waals surface area contributed by atoms with E-state index < -0.39 is 0 Å². The van der Waals surface area contributed by atoms with Crippen molar-refractivity contribution in [2.24, 2.45) is 0 Å². The fourth-order valence-electron chi connectivity index (χ4n) is 2.23. The van der Waals surface area contributed by atoms with Gasteiger partial charge in [0.25, 0.3) is 0 Å². The van der Waals surface area contributed by atoms with Crippen LogP contribution in [-0.2, 0) is 0 Å². The van der Waals surface area contributed by atoms with Crippen LogP contribution in [0.5, 0.6) is 0 Å². The molecular weight excluding hydrogens is 268 g/mol. The van der Waals surface area contributed by atoms with Gasteiger partial charge in [0.05, 0.1) is 11.6 Å². The minimum atomic E-state index is -0.320. The third kappa shape index (κ3) is 3.61. The predicted molar refractivity (Wildman–Crippen MR) is 76.2 cm³/mol. The van der Waals surface area contributed by atoms with Crippen molar-refractivity contribution in [3.63, 3.8) is 0 Å². The molecule has 1 aromatic rings. The first-order valence-corrected chi connectivity index (χ1v) is 6.79. The average Bonchev–Trinajstić information content (AvgIpc) is 3.00. The molecule has 1 fully saturated rings. The molecule has 7 nitrogen and oxygen atoms in total. The number of nitrogens with one attached hydrogen (secondary N) is 2. The molecule has 0 bridgehead atoms. The van der Waals surface area contributed by atoms with Crippen LogP contribution in [0.2, 0.25) is 0 Å². The smallest absolute Gasteiger partial charge is 0.318 e. The number of aromatic nitrogens is 1. The zero-order valence-corrected chi connectivity index (χ0v) is 11.5. The van der Waals surface area contributed by atoms with Crippen LogP contribution in [0.3, 0.4) is 0 Å². The second-order valence-corrected chi connectivity index (χ2v) is 4.65. The first-order valence-electron chi connectivity index (χ1n) is 6.79. The molecule has 7 heteroatoms. The molecule has 0 aromatic carbocycles. The van der Waals surface area contributed by atoms with Crippen molar-refractivity contribution in [1.82, 2.24) is 15.2 Å². The summed E-state index contributed by atoms with van der Waals surface area (Å²) in [6.45, 7) is 1.48. The quantitative estimate of drug-likeness (QED) is 0.804. The Morgan fingerprint density at radius 1 is 1.48 bits per heavy atom. The number of nitriles is 2. The van der Waals surface area contributed by atoms with Gasteiger partial charge in [-0.05, 0) is 25.0 Å². The van der Waals surface area contributed by atoms with E-state index in [-0.39, 0.29) is 12.1 Å². The lowest BCUT2D eigenvalue weighted by molar-refractivity contribution is 0.202. The number of carbonyl (C=O) groups is 1. The molecule has 1 aliphatic rings. The molecule has 21 heavy (non-hydrogen) atoms. The summed E-state index contributed by atoms with van der Waals surface area (Å²) in [5, 5.41) is 23.6. The van der Waals surface area contributed by atoms with Crippen molar-refractivity contribution < 1.29 is 4.79 Å². The molecule has 1 saturated heterocycles. The van der Waals surface area contributed by atoms with E-state index >= 15 is 0 Å². The molecule has 2 amide bonds. The Bertz CT molecular complexity index is 588. The van der Waals surface area contributed by atoms with Gasteiger partial charge < -0.3 is 15.5 Å². The van der Waals surface area contributed by atoms with E-state index in [2.05, 4.69) is 21.7 Å². The van der Waals surface area contributed by atoms with E-state index in [0.29, 0.717) is 31.0 Å². The van der Waals surface area contributed by atoms with Gasteiger partial charge in [0.1, 0.15) is 17.9 Å². The summed E-state index contributed by atoms with van der Waals surface area (Å²) in [6.07, 6.45) is 3.20. The maximum Gasteiger partial charge on any atom is 0.318 e. The maximum absolute atomic E-state index is 11.9. The van der Waals surface area contributed by atoms with Crippen molar-refractivity contribution in [1.29, 1.82) is 10.5 Å². The van der Waals surface area contributed by atoms with Gasteiger partial charge in [-0.3, -0.25) is 0 Å². The summed E-state index contributed by atoms with van der Waals surface area (Å²) in [6, 6.07) is 7.01. The van der Waals surface area contributed by atoms with Crippen molar-refractivity contribution in [2.45, 2.75) is 18.9 Å². The monoisotopic (exact) mass is 284 g/mol. The van der Waals surface area contributed by atoms with Crippen LogP contribution in [-0.4, -0.2) is 41.6 Å². The third-order valence-electron chi connectivity index (χ3n) is 3.28. The highest BCUT2D eigenvalue weighted by atomic mass is 16.2. The molecule has 1 aliphatic heterocycles. The zero-order chi connectivity index (χ0) is 15.1. The topological polar surface area (TPSA) is 105 Å². The number of likely N-dealkylation sites (tertiary alicyclic amines) is 1. The van der Waals surface area contributed by atoms with Gasteiger partial charge in [-0.15, -0.1) is 0 Å². The number of rotatable bonds is 4. The van der Waals surface area contributed by atoms with Gasteiger partial charge >= 0.3 is 6.03 Å². The summed E-state index contributed by atoms with van der Waals surface area (Å²) in [4.78, 5) is 17.5. The van der Waals surface area contributed by atoms with Crippen LogP contribution in [0, 0.1) is 22.7 Å². The molecule has 0 aliphatic carbocycles. The highest BCUT2D eigenvalue weighted by molar-refractivity contribution is 5.75. The number of hydrogen-bond acceptors (Lipinski definition) is 5. The van der Waals surface area contributed by atoms with E-state index in [1.807, 2.05) is 6.07 Å². The van der Waals surface area contributed by atoms with Gasteiger partial charge in [-0.1, -0.05) is 0 Å². The lowest BCUT2D eigenvalue weighted by Crippen LogP contribution is -2.43. The summed E-state index contributed by atoms with van der Waals surface area (Å²) in [7, 11) is 0. The first kappa shape index (κ1) is 14.6. The van der Waals surface area contributed by atoms with Gasteiger partial charge in [-0.2, -0.15) is 10.5 Å². The summed E-state index contributed by atoms with van der Waals surface area (Å²) < 4.78 is 0. The Labute approximate surface area is 123 Å². The third-order valence-corrected chi connectivity index (χ3v) is 3.28. The number of anilines is 1. The Hall–Kier alpha value is -2.80. The average molecular weight is 284 g/mol. The fraction of sp³-hybridized carbons (Fsp3) is 0.429. The van der Waals surface area contributed by atoms with E-state index in [0.717, 1.165) is 12.8 Å². The van der Waals surface area contributed by atoms with Crippen LogP contribution < -0.4 is 10.6 Å². The van der Waals surface area contributed by atoms with Gasteiger partial charge in [0.2, 0.25) is 0 Å². The first-order chi connectivity index (χ1) is 10.3. The molecule has 2 heterocycles. The van der Waals surface area contributed by atoms with Crippen molar-refractivity contribution in [2.75, 3.05) is 25.0 Å². The largest absolute Gasteiger partial charge is 0.367 e. The number of hydrogen-bond donors (Lipinski definition) is 2. The van der Waals surface area contributed by atoms with Crippen molar-refractivity contribution >= 4 is 11.8 Å². The van der Waals surface area contributed by atoms with Crippen LogP contribution in [0.15, 0.2) is 18.3 Å². The summed E-state index contributed by atoms with van der Waals surface area (Å²) in [5.74, 6) is 0.505. The Morgan fingerprint density at radius 3 is 3.10 bits per heavy atom. The Balaban J connectivity index is 1.76.